The van der Waals surface area contributed by atoms with Gasteiger partial charge in [-0.3, -0.25) is 0 Å². The van der Waals surface area contributed by atoms with Crippen molar-refractivity contribution in [2.75, 3.05) is 12.4 Å². The molecule has 6 nitrogen and oxygen atoms in total. The molecule has 4 bridgehead atoms. The number of carbonyl (C=O) groups is 1. The number of rotatable bonds is 4. The molecule has 142 valence electrons. The van der Waals surface area contributed by atoms with Crippen LogP contribution in [0.4, 0.5) is 5.69 Å². The van der Waals surface area contributed by atoms with Gasteiger partial charge in [-0.1, -0.05) is 0 Å². The second kappa shape index (κ2) is 6.09. The van der Waals surface area contributed by atoms with Crippen molar-refractivity contribution in [2.24, 2.45) is 17.8 Å². The Balaban J connectivity index is 1.50. The van der Waals surface area contributed by atoms with Gasteiger partial charge in [0.2, 0.25) is 0 Å². The molecule has 2 aromatic rings. The number of hydrogen-bond acceptors (Lipinski definition) is 5. The van der Waals surface area contributed by atoms with Crippen LogP contribution in [0.3, 0.4) is 0 Å². The lowest BCUT2D eigenvalue weighted by Crippen LogP contribution is -2.59. The molecule has 6 heteroatoms. The first kappa shape index (κ1) is 16.8. The zero-order valence-corrected chi connectivity index (χ0v) is 15.4. The average Bonchev–Trinajstić information content (AvgIpc) is 3.10. The lowest BCUT2D eigenvalue weighted by Gasteiger charge is -2.58. The van der Waals surface area contributed by atoms with Gasteiger partial charge < -0.3 is 20.1 Å². The van der Waals surface area contributed by atoms with Gasteiger partial charge in [0, 0.05) is 35.5 Å². The van der Waals surface area contributed by atoms with Gasteiger partial charge in [0.1, 0.15) is 5.65 Å². The Morgan fingerprint density at radius 3 is 2.85 bits per heavy atom. The van der Waals surface area contributed by atoms with Gasteiger partial charge in [-0.2, -0.15) is 0 Å². The summed E-state index contributed by atoms with van der Waals surface area (Å²) in [6, 6.07) is 2.37. The molecule has 0 amide bonds. The van der Waals surface area contributed by atoms with Crippen molar-refractivity contribution >= 4 is 28.8 Å². The molecule has 0 aromatic carbocycles. The summed E-state index contributed by atoms with van der Waals surface area (Å²) in [6.45, 7) is 0. The van der Waals surface area contributed by atoms with E-state index in [2.05, 4.69) is 15.3 Å². The molecule has 4 saturated carbocycles. The van der Waals surface area contributed by atoms with E-state index >= 15 is 0 Å². The molecule has 0 saturated heterocycles. The van der Waals surface area contributed by atoms with Crippen molar-refractivity contribution in [2.45, 2.75) is 43.7 Å². The Labute approximate surface area is 158 Å². The lowest BCUT2D eigenvalue weighted by atomic mass is 9.52. The van der Waals surface area contributed by atoms with E-state index in [9.17, 15) is 9.90 Å². The molecule has 2 unspecified atom stereocenters. The number of aliphatic hydroxyl groups is 1. The molecular weight excluding hydrogens is 342 g/mol. The van der Waals surface area contributed by atoms with Crippen LogP contribution in [0.15, 0.2) is 24.5 Å². The molecule has 2 aromatic heterocycles. The van der Waals surface area contributed by atoms with E-state index in [4.69, 9.17) is 4.74 Å². The Kier molecular flexibility index (Phi) is 3.79. The summed E-state index contributed by atoms with van der Waals surface area (Å²) in [5.74, 6) is 1.29. The summed E-state index contributed by atoms with van der Waals surface area (Å²) in [7, 11) is 1.37. The molecule has 6 rings (SSSR count). The third kappa shape index (κ3) is 2.83. The van der Waals surface area contributed by atoms with Crippen molar-refractivity contribution < 1.29 is 14.6 Å². The van der Waals surface area contributed by atoms with Gasteiger partial charge in [0.15, 0.2) is 0 Å². The molecule has 2 heterocycles. The lowest BCUT2D eigenvalue weighted by molar-refractivity contribution is -0.134. The minimum Gasteiger partial charge on any atom is -0.466 e. The summed E-state index contributed by atoms with van der Waals surface area (Å²) in [5, 5.41) is 15.7. The summed E-state index contributed by atoms with van der Waals surface area (Å²) >= 11 is 0. The summed E-state index contributed by atoms with van der Waals surface area (Å²) < 4.78 is 4.72. The van der Waals surface area contributed by atoms with Crippen molar-refractivity contribution in [1.82, 2.24) is 9.97 Å². The van der Waals surface area contributed by atoms with Gasteiger partial charge in [0.25, 0.3) is 0 Å². The van der Waals surface area contributed by atoms with Crippen LogP contribution in [0.2, 0.25) is 0 Å². The van der Waals surface area contributed by atoms with E-state index in [1.165, 1.54) is 26.0 Å². The number of fused-ring (bicyclic) bond motifs is 1. The molecule has 27 heavy (non-hydrogen) atoms. The number of carbonyl (C=O) groups excluding carboxylic acids is 1. The predicted molar refractivity (Wildman–Crippen MR) is 103 cm³/mol. The van der Waals surface area contributed by atoms with Crippen LogP contribution in [-0.4, -0.2) is 39.8 Å². The highest BCUT2D eigenvalue weighted by atomic mass is 16.5. The molecule has 3 N–H and O–H groups in total. The Morgan fingerprint density at radius 1 is 1.37 bits per heavy atom. The minimum absolute atomic E-state index is 0.354. The number of pyridine rings is 1. The second-order valence-corrected chi connectivity index (χ2v) is 8.55. The molecule has 4 aliphatic carbocycles. The van der Waals surface area contributed by atoms with Crippen molar-refractivity contribution in [3.63, 3.8) is 0 Å². The van der Waals surface area contributed by atoms with Gasteiger partial charge in [-0.15, -0.1) is 0 Å². The number of H-pyrrole nitrogens is 1. The number of aromatic nitrogens is 2. The van der Waals surface area contributed by atoms with Crippen LogP contribution < -0.4 is 5.32 Å². The summed E-state index contributed by atoms with van der Waals surface area (Å²) in [5.41, 5.74) is 2.27. The third-order valence-corrected chi connectivity index (χ3v) is 6.77. The van der Waals surface area contributed by atoms with Crippen molar-refractivity contribution in [1.29, 1.82) is 0 Å². The van der Waals surface area contributed by atoms with Crippen LogP contribution >= 0.6 is 0 Å². The average molecular weight is 367 g/mol. The third-order valence-electron chi connectivity index (χ3n) is 6.77. The molecule has 4 aliphatic rings. The SMILES string of the molecule is COC(=O)/C=C/c1cnc2[nH]ccc2c1NC1C2CC3CC1CC(O)(C3)C2. The predicted octanol–water partition coefficient (Wildman–Crippen LogP) is 3.10. The Bertz CT molecular complexity index is 903. The fraction of sp³-hybridized carbons (Fsp3) is 0.524. The molecular formula is C21H25N3O3. The highest BCUT2D eigenvalue weighted by Crippen LogP contribution is 2.56. The fourth-order valence-electron chi connectivity index (χ4n) is 5.92. The van der Waals surface area contributed by atoms with Crippen LogP contribution in [0.5, 0.6) is 0 Å². The van der Waals surface area contributed by atoms with Gasteiger partial charge in [-0.25, -0.2) is 9.78 Å². The maximum Gasteiger partial charge on any atom is 0.330 e. The maximum atomic E-state index is 11.6. The Morgan fingerprint density at radius 2 is 2.15 bits per heavy atom. The first-order chi connectivity index (χ1) is 13.0. The number of aromatic amines is 1. The van der Waals surface area contributed by atoms with Crippen LogP contribution in [0.25, 0.3) is 17.1 Å². The summed E-state index contributed by atoms with van der Waals surface area (Å²) in [4.78, 5) is 19.2. The largest absolute Gasteiger partial charge is 0.466 e. The van der Waals surface area contributed by atoms with Gasteiger partial charge >= 0.3 is 5.97 Å². The number of nitrogens with one attached hydrogen (secondary N) is 2. The highest BCUT2D eigenvalue weighted by Gasteiger charge is 2.54. The van der Waals surface area contributed by atoms with Gasteiger partial charge in [-0.05, 0) is 62.0 Å². The monoisotopic (exact) mass is 367 g/mol. The second-order valence-electron chi connectivity index (χ2n) is 8.55. The smallest absolute Gasteiger partial charge is 0.330 e. The zero-order chi connectivity index (χ0) is 18.6. The number of methoxy groups -OCH3 is 1. The van der Waals surface area contributed by atoms with E-state index in [0.717, 1.165) is 41.5 Å². The number of ether oxygens (including phenoxy) is 1. The standard InChI is InChI=1S/C21H25N3O3/c1-27-17(25)3-2-13-11-23-20-16(4-5-22-20)19(13)24-18-14-6-12-7-15(18)10-21(26,8-12)9-14/h2-5,11-12,14-15,18,26H,6-10H2,1H3,(H2,22,23,24)/b3-2+. The number of hydrogen-bond donors (Lipinski definition) is 3. The number of anilines is 1. The molecule has 2 atom stereocenters. The van der Waals surface area contributed by atoms with Crippen LogP contribution in [-0.2, 0) is 9.53 Å². The number of esters is 1. The normalized spacial score (nSPS) is 34.4. The van der Waals surface area contributed by atoms with E-state index in [0.29, 0.717) is 23.8 Å². The molecule has 0 radical (unpaired) electrons. The molecule has 0 spiro atoms. The van der Waals surface area contributed by atoms with Crippen molar-refractivity contribution in [3.05, 3.63) is 30.1 Å². The first-order valence-electron chi connectivity index (χ1n) is 9.76. The van der Waals surface area contributed by atoms with E-state index < -0.39 is 5.60 Å². The van der Waals surface area contributed by atoms with Gasteiger partial charge in [0.05, 0.1) is 18.4 Å². The van der Waals surface area contributed by atoms with E-state index in [-0.39, 0.29) is 5.97 Å². The van der Waals surface area contributed by atoms with E-state index in [1.807, 2.05) is 12.3 Å². The van der Waals surface area contributed by atoms with Crippen LogP contribution in [0.1, 0.15) is 37.7 Å². The maximum absolute atomic E-state index is 11.6. The molecule has 4 fully saturated rings. The summed E-state index contributed by atoms with van der Waals surface area (Å²) in [6.07, 6.45) is 12.0. The minimum atomic E-state index is -0.441. The van der Waals surface area contributed by atoms with Crippen LogP contribution in [0, 0.1) is 17.8 Å². The first-order valence-corrected chi connectivity index (χ1v) is 9.76. The van der Waals surface area contributed by atoms with Crippen molar-refractivity contribution in [3.8, 4) is 0 Å². The zero-order valence-electron chi connectivity index (χ0n) is 15.4. The molecule has 0 aliphatic heterocycles. The number of nitrogens with zero attached hydrogens (tertiary/aromatic N) is 1. The Hall–Kier alpha value is -2.34. The quantitative estimate of drug-likeness (QED) is 0.571. The highest BCUT2D eigenvalue weighted by molar-refractivity contribution is 5.96. The fourth-order valence-corrected chi connectivity index (χ4v) is 5.92. The van der Waals surface area contributed by atoms with E-state index in [1.54, 1.807) is 12.3 Å². The topological polar surface area (TPSA) is 87.2 Å².